The third kappa shape index (κ3) is 3.22. The summed E-state index contributed by atoms with van der Waals surface area (Å²) in [6.45, 7) is 1.09. The van der Waals surface area contributed by atoms with E-state index in [1.165, 1.54) is 6.07 Å². The average Bonchev–Trinajstić information content (AvgIpc) is 2.28. The number of carbonyl (C=O) groups is 1. The molecule has 0 aliphatic heterocycles. The van der Waals surface area contributed by atoms with Crippen molar-refractivity contribution in [1.82, 2.24) is 0 Å². The predicted octanol–water partition coefficient (Wildman–Crippen LogP) is 0.0872. The van der Waals surface area contributed by atoms with Gasteiger partial charge in [0, 0.05) is 5.69 Å². The Balaban J connectivity index is 2.69. The van der Waals surface area contributed by atoms with Gasteiger partial charge < -0.3 is 20.7 Å². The molecule has 4 N–H and O–H groups in total. The minimum Gasteiger partial charge on any atom is -0.459 e. The number of hydrogen-bond acceptors (Lipinski definition) is 5. The number of esters is 1. The van der Waals surface area contributed by atoms with Crippen LogP contribution in [0.25, 0.3) is 0 Å². The molecule has 0 radical (unpaired) electrons. The second-order valence-electron chi connectivity index (χ2n) is 3.51. The van der Waals surface area contributed by atoms with Crippen molar-refractivity contribution in [3.05, 3.63) is 29.3 Å². The van der Waals surface area contributed by atoms with Crippen LogP contribution in [0.3, 0.4) is 0 Å². The van der Waals surface area contributed by atoms with Crippen molar-refractivity contribution in [3.63, 3.8) is 0 Å². The first kappa shape index (κ1) is 12.5. The third-order valence-corrected chi connectivity index (χ3v) is 2.10. The Kier molecular flexibility index (Phi) is 4.28. The number of ether oxygens (including phenoxy) is 1. The second kappa shape index (κ2) is 5.48. The van der Waals surface area contributed by atoms with Crippen LogP contribution in [0.2, 0.25) is 0 Å². The van der Waals surface area contributed by atoms with E-state index in [0.29, 0.717) is 11.3 Å². The Labute approximate surface area is 93.5 Å². The third-order valence-electron chi connectivity index (χ3n) is 2.10. The molecule has 1 aromatic rings. The first-order chi connectivity index (χ1) is 7.54. The number of nitrogen functional groups attached to an aromatic ring is 1. The largest absolute Gasteiger partial charge is 0.459 e. The minimum atomic E-state index is -1.05. The first-order valence-corrected chi connectivity index (χ1v) is 4.86. The first-order valence-electron chi connectivity index (χ1n) is 4.86. The predicted molar refractivity (Wildman–Crippen MR) is 59.0 cm³/mol. The van der Waals surface area contributed by atoms with Crippen LogP contribution in [0, 0.1) is 6.92 Å². The molecule has 1 aromatic carbocycles. The summed E-state index contributed by atoms with van der Waals surface area (Å²) in [6, 6.07) is 4.92. The Morgan fingerprint density at radius 1 is 1.56 bits per heavy atom. The lowest BCUT2D eigenvalue weighted by Gasteiger charge is -2.10. The molecule has 0 aromatic heterocycles. The molecule has 0 saturated carbocycles. The molecule has 16 heavy (non-hydrogen) atoms. The van der Waals surface area contributed by atoms with Gasteiger partial charge in [-0.15, -0.1) is 0 Å². The van der Waals surface area contributed by atoms with Gasteiger partial charge in [0.15, 0.2) is 0 Å². The van der Waals surface area contributed by atoms with E-state index in [1.54, 1.807) is 19.1 Å². The summed E-state index contributed by atoms with van der Waals surface area (Å²) in [5.74, 6) is -0.558. The highest BCUT2D eigenvalue weighted by Crippen LogP contribution is 2.13. The van der Waals surface area contributed by atoms with Crippen LogP contribution in [-0.2, 0) is 4.74 Å². The SMILES string of the molecule is Cc1ccc(N)cc1C(=O)OCC(O)CO. The van der Waals surface area contributed by atoms with Crippen LogP contribution in [0.4, 0.5) is 5.69 Å². The lowest BCUT2D eigenvalue weighted by atomic mass is 10.1. The zero-order valence-corrected chi connectivity index (χ0v) is 9.01. The van der Waals surface area contributed by atoms with Crippen LogP contribution in [-0.4, -0.2) is 35.5 Å². The van der Waals surface area contributed by atoms with Crippen molar-refractivity contribution in [1.29, 1.82) is 0 Å². The van der Waals surface area contributed by atoms with Crippen molar-refractivity contribution in [2.45, 2.75) is 13.0 Å². The number of anilines is 1. The number of benzene rings is 1. The Morgan fingerprint density at radius 2 is 2.25 bits per heavy atom. The number of aliphatic hydroxyl groups excluding tert-OH is 2. The molecule has 0 fully saturated rings. The van der Waals surface area contributed by atoms with Crippen LogP contribution in [0.1, 0.15) is 15.9 Å². The maximum Gasteiger partial charge on any atom is 0.338 e. The maximum absolute atomic E-state index is 11.6. The molecule has 0 heterocycles. The van der Waals surface area contributed by atoms with E-state index in [4.69, 9.17) is 20.7 Å². The van der Waals surface area contributed by atoms with Gasteiger partial charge in [0.25, 0.3) is 0 Å². The molecular weight excluding hydrogens is 210 g/mol. The second-order valence-corrected chi connectivity index (χ2v) is 3.51. The monoisotopic (exact) mass is 225 g/mol. The number of nitrogens with two attached hydrogens (primary N) is 1. The normalized spacial score (nSPS) is 12.2. The van der Waals surface area contributed by atoms with Gasteiger partial charge in [0.05, 0.1) is 12.2 Å². The van der Waals surface area contributed by atoms with Gasteiger partial charge in [0.2, 0.25) is 0 Å². The number of hydrogen-bond donors (Lipinski definition) is 3. The molecule has 5 nitrogen and oxygen atoms in total. The molecule has 0 spiro atoms. The number of rotatable bonds is 4. The molecule has 0 aliphatic carbocycles. The van der Waals surface area contributed by atoms with Gasteiger partial charge in [-0.05, 0) is 24.6 Å². The van der Waals surface area contributed by atoms with Crippen LogP contribution >= 0.6 is 0 Å². The summed E-state index contributed by atoms with van der Waals surface area (Å²) in [6.07, 6.45) is -1.05. The lowest BCUT2D eigenvalue weighted by molar-refractivity contribution is 0.00928. The quantitative estimate of drug-likeness (QED) is 0.498. The van der Waals surface area contributed by atoms with E-state index < -0.39 is 18.7 Å². The van der Waals surface area contributed by atoms with E-state index in [1.807, 2.05) is 0 Å². The van der Waals surface area contributed by atoms with Crippen LogP contribution < -0.4 is 5.73 Å². The Hall–Kier alpha value is -1.59. The summed E-state index contributed by atoms with van der Waals surface area (Å²) >= 11 is 0. The van der Waals surface area contributed by atoms with Gasteiger partial charge >= 0.3 is 5.97 Å². The highest BCUT2D eigenvalue weighted by Gasteiger charge is 2.12. The molecule has 0 bridgehead atoms. The van der Waals surface area contributed by atoms with Crippen LogP contribution in [0.5, 0.6) is 0 Å². The fraction of sp³-hybridized carbons (Fsp3) is 0.364. The number of aryl methyl sites for hydroxylation is 1. The van der Waals surface area contributed by atoms with Gasteiger partial charge in [-0.25, -0.2) is 4.79 Å². The minimum absolute atomic E-state index is 0.233. The van der Waals surface area contributed by atoms with Crippen molar-refractivity contribution < 1.29 is 19.7 Å². The van der Waals surface area contributed by atoms with Crippen LogP contribution in [0.15, 0.2) is 18.2 Å². The van der Waals surface area contributed by atoms with Crippen molar-refractivity contribution in [3.8, 4) is 0 Å². The molecule has 0 saturated heterocycles. The highest BCUT2D eigenvalue weighted by molar-refractivity contribution is 5.92. The number of carbonyl (C=O) groups excluding carboxylic acids is 1. The topological polar surface area (TPSA) is 92.8 Å². The lowest BCUT2D eigenvalue weighted by Crippen LogP contribution is -2.22. The molecule has 1 unspecified atom stereocenters. The van der Waals surface area contributed by atoms with E-state index in [2.05, 4.69) is 0 Å². The van der Waals surface area contributed by atoms with Crippen molar-refractivity contribution >= 4 is 11.7 Å². The molecule has 1 atom stereocenters. The zero-order valence-electron chi connectivity index (χ0n) is 9.01. The summed E-state index contributed by atoms with van der Waals surface area (Å²) in [4.78, 5) is 11.6. The van der Waals surface area contributed by atoms with Crippen molar-refractivity contribution in [2.75, 3.05) is 18.9 Å². The maximum atomic E-state index is 11.6. The molecule has 5 heteroatoms. The van der Waals surface area contributed by atoms with E-state index in [9.17, 15) is 4.79 Å². The number of aliphatic hydroxyl groups is 2. The summed E-state index contributed by atoms with van der Waals surface area (Å²) in [5, 5.41) is 17.6. The van der Waals surface area contributed by atoms with Gasteiger partial charge in [-0.2, -0.15) is 0 Å². The molecular formula is C11H15NO4. The molecule has 88 valence electrons. The Morgan fingerprint density at radius 3 is 2.88 bits per heavy atom. The molecule has 0 amide bonds. The summed E-state index contributed by atoms with van der Waals surface area (Å²) in [7, 11) is 0. The highest BCUT2D eigenvalue weighted by atomic mass is 16.5. The van der Waals surface area contributed by atoms with E-state index in [0.717, 1.165) is 5.56 Å². The van der Waals surface area contributed by atoms with Crippen molar-refractivity contribution in [2.24, 2.45) is 0 Å². The smallest absolute Gasteiger partial charge is 0.338 e. The zero-order chi connectivity index (χ0) is 12.1. The molecule has 0 aliphatic rings. The Bertz CT molecular complexity index is 378. The fourth-order valence-corrected chi connectivity index (χ4v) is 1.16. The van der Waals surface area contributed by atoms with E-state index in [-0.39, 0.29) is 6.61 Å². The summed E-state index contributed by atoms with van der Waals surface area (Å²) in [5.41, 5.74) is 7.14. The average molecular weight is 225 g/mol. The van der Waals surface area contributed by atoms with Gasteiger partial charge in [-0.1, -0.05) is 6.07 Å². The van der Waals surface area contributed by atoms with E-state index >= 15 is 0 Å². The standard InChI is InChI=1S/C11H15NO4/c1-7-2-3-8(12)4-10(7)11(15)16-6-9(14)5-13/h2-4,9,13-14H,5-6,12H2,1H3. The van der Waals surface area contributed by atoms with Gasteiger partial charge in [-0.3, -0.25) is 0 Å². The van der Waals surface area contributed by atoms with Gasteiger partial charge in [0.1, 0.15) is 12.7 Å². The summed E-state index contributed by atoms with van der Waals surface area (Å²) < 4.78 is 4.81. The fourth-order valence-electron chi connectivity index (χ4n) is 1.16. The molecule has 1 rings (SSSR count).